The van der Waals surface area contributed by atoms with Crippen LogP contribution in [0.3, 0.4) is 0 Å². The van der Waals surface area contributed by atoms with Gasteiger partial charge < -0.3 is 10.1 Å². The lowest BCUT2D eigenvalue weighted by molar-refractivity contribution is -0.120. The van der Waals surface area contributed by atoms with Gasteiger partial charge in [0.05, 0.1) is 12.7 Å². The smallest absolute Gasteiger partial charge is 0.221 e. The summed E-state index contributed by atoms with van der Waals surface area (Å²) < 4.78 is 5.43. The number of rotatable bonds is 7. The Morgan fingerprint density at radius 1 is 1.21 bits per heavy atom. The first-order valence-corrected chi connectivity index (χ1v) is 8.68. The molecule has 4 nitrogen and oxygen atoms in total. The second kappa shape index (κ2) is 10.3. The minimum atomic E-state index is 0.0105. The third-order valence-electron chi connectivity index (χ3n) is 3.04. The maximum atomic E-state index is 11.7. The van der Waals surface area contributed by atoms with Crippen LogP contribution in [0.15, 0.2) is 53.6 Å². The van der Waals surface area contributed by atoms with Crippen LogP contribution in [0.2, 0.25) is 0 Å². The third-order valence-corrected chi connectivity index (χ3v) is 4.05. The standard InChI is InChI=1S/C19H20N2O2S/c1-16-9-10-17(15-21-16)23-13-6-5-12-20-19(22)11-14-24-18-7-3-2-4-8-18/h2-4,7-10,15H,11-14H2,1H3,(H,20,22). The van der Waals surface area contributed by atoms with Gasteiger partial charge in [-0.1, -0.05) is 30.0 Å². The summed E-state index contributed by atoms with van der Waals surface area (Å²) in [4.78, 5) is 17.0. The SMILES string of the molecule is Cc1ccc(OCC#CCNC(=O)CCSc2ccccc2)cn1. The van der Waals surface area contributed by atoms with Crippen molar-refractivity contribution in [1.29, 1.82) is 0 Å². The molecule has 124 valence electrons. The summed E-state index contributed by atoms with van der Waals surface area (Å²) >= 11 is 1.67. The van der Waals surface area contributed by atoms with Gasteiger partial charge in [-0.05, 0) is 31.2 Å². The second-order valence-corrected chi connectivity index (χ2v) is 6.13. The van der Waals surface area contributed by atoms with Gasteiger partial charge in [-0.25, -0.2) is 0 Å². The molecule has 0 aliphatic rings. The average Bonchev–Trinajstić information content (AvgIpc) is 2.60. The number of amides is 1. The van der Waals surface area contributed by atoms with Crippen molar-refractivity contribution >= 4 is 17.7 Å². The predicted octanol–water partition coefficient (Wildman–Crippen LogP) is 3.07. The molecule has 0 spiro atoms. The second-order valence-electron chi connectivity index (χ2n) is 4.97. The van der Waals surface area contributed by atoms with Crippen molar-refractivity contribution in [2.75, 3.05) is 18.9 Å². The van der Waals surface area contributed by atoms with E-state index in [2.05, 4.69) is 22.1 Å². The predicted molar refractivity (Wildman–Crippen MR) is 97.0 cm³/mol. The molecule has 2 aromatic rings. The molecule has 0 aliphatic carbocycles. The number of carbonyl (C=O) groups is 1. The molecule has 24 heavy (non-hydrogen) atoms. The zero-order valence-corrected chi connectivity index (χ0v) is 14.4. The van der Waals surface area contributed by atoms with Crippen LogP contribution in [0, 0.1) is 18.8 Å². The van der Waals surface area contributed by atoms with Crippen molar-refractivity contribution in [1.82, 2.24) is 10.3 Å². The molecular formula is C19H20N2O2S. The molecule has 1 aromatic carbocycles. The highest BCUT2D eigenvalue weighted by Crippen LogP contribution is 2.17. The summed E-state index contributed by atoms with van der Waals surface area (Å²) in [6, 6.07) is 13.8. The lowest BCUT2D eigenvalue weighted by Crippen LogP contribution is -2.23. The van der Waals surface area contributed by atoms with E-state index in [0.717, 1.165) is 11.4 Å². The van der Waals surface area contributed by atoms with Gasteiger partial charge in [0.25, 0.3) is 0 Å². The molecule has 1 amide bonds. The molecule has 1 aromatic heterocycles. The number of hydrogen-bond donors (Lipinski definition) is 1. The fourth-order valence-corrected chi connectivity index (χ4v) is 2.65. The summed E-state index contributed by atoms with van der Waals surface area (Å²) in [6.07, 6.45) is 2.15. The summed E-state index contributed by atoms with van der Waals surface area (Å²) in [6.45, 7) is 2.54. The summed E-state index contributed by atoms with van der Waals surface area (Å²) in [5.74, 6) is 7.20. The third kappa shape index (κ3) is 7.21. The van der Waals surface area contributed by atoms with E-state index < -0.39 is 0 Å². The molecule has 0 radical (unpaired) electrons. The lowest BCUT2D eigenvalue weighted by atomic mass is 10.4. The molecule has 0 bridgehead atoms. The fraction of sp³-hybridized carbons (Fsp3) is 0.263. The van der Waals surface area contributed by atoms with Crippen molar-refractivity contribution < 1.29 is 9.53 Å². The van der Waals surface area contributed by atoms with Gasteiger partial charge in [0.15, 0.2) is 0 Å². The van der Waals surface area contributed by atoms with E-state index in [4.69, 9.17) is 4.74 Å². The van der Waals surface area contributed by atoms with E-state index in [1.54, 1.807) is 18.0 Å². The highest BCUT2D eigenvalue weighted by atomic mass is 32.2. The number of nitrogens with one attached hydrogen (secondary N) is 1. The molecule has 0 unspecified atom stereocenters. The molecule has 1 N–H and O–H groups in total. The quantitative estimate of drug-likeness (QED) is 0.622. The lowest BCUT2D eigenvalue weighted by Gasteiger charge is -2.02. The van der Waals surface area contributed by atoms with Crippen molar-refractivity contribution in [3.8, 4) is 17.6 Å². The Morgan fingerprint density at radius 2 is 2.04 bits per heavy atom. The molecule has 0 saturated carbocycles. The number of aryl methyl sites for hydroxylation is 1. The Morgan fingerprint density at radius 3 is 2.79 bits per heavy atom. The first kappa shape index (κ1) is 17.9. The highest BCUT2D eigenvalue weighted by Gasteiger charge is 2.00. The maximum Gasteiger partial charge on any atom is 0.221 e. The van der Waals surface area contributed by atoms with Gasteiger partial charge in [-0.15, -0.1) is 11.8 Å². The van der Waals surface area contributed by atoms with Gasteiger partial charge in [0, 0.05) is 22.8 Å². The van der Waals surface area contributed by atoms with E-state index in [1.807, 2.05) is 49.4 Å². The summed E-state index contributed by atoms with van der Waals surface area (Å²) in [5, 5.41) is 2.78. The topological polar surface area (TPSA) is 51.2 Å². The van der Waals surface area contributed by atoms with Crippen LogP contribution in [0.25, 0.3) is 0 Å². The van der Waals surface area contributed by atoms with Crippen LogP contribution >= 0.6 is 11.8 Å². The van der Waals surface area contributed by atoms with Gasteiger partial charge in [0.1, 0.15) is 12.4 Å². The molecule has 0 aliphatic heterocycles. The Labute approximate surface area is 147 Å². The maximum absolute atomic E-state index is 11.7. The number of pyridine rings is 1. The molecule has 1 heterocycles. The monoisotopic (exact) mass is 340 g/mol. The number of benzene rings is 1. The first-order valence-electron chi connectivity index (χ1n) is 7.70. The minimum Gasteiger partial charge on any atom is -0.479 e. The molecular weight excluding hydrogens is 320 g/mol. The number of aromatic nitrogens is 1. The minimum absolute atomic E-state index is 0.0105. The van der Waals surface area contributed by atoms with Crippen molar-refractivity contribution in [3.05, 3.63) is 54.4 Å². The van der Waals surface area contributed by atoms with E-state index in [9.17, 15) is 4.79 Å². The van der Waals surface area contributed by atoms with Gasteiger partial charge in [-0.2, -0.15) is 0 Å². The summed E-state index contributed by atoms with van der Waals surface area (Å²) in [5.41, 5.74) is 0.946. The zero-order valence-electron chi connectivity index (χ0n) is 13.6. The van der Waals surface area contributed by atoms with Crippen LogP contribution in [-0.4, -0.2) is 29.8 Å². The van der Waals surface area contributed by atoms with Crippen LogP contribution in [-0.2, 0) is 4.79 Å². The largest absolute Gasteiger partial charge is 0.479 e. The zero-order chi connectivity index (χ0) is 17.0. The van der Waals surface area contributed by atoms with E-state index in [0.29, 0.717) is 18.7 Å². The van der Waals surface area contributed by atoms with Crippen molar-refractivity contribution in [2.45, 2.75) is 18.2 Å². The Balaban J connectivity index is 1.55. The van der Waals surface area contributed by atoms with Crippen molar-refractivity contribution in [2.24, 2.45) is 0 Å². The molecule has 0 saturated heterocycles. The first-order chi connectivity index (χ1) is 11.7. The van der Waals surface area contributed by atoms with Gasteiger partial charge in [0.2, 0.25) is 5.91 Å². The number of thioether (sulfide) groups is 1. The number of hydrogen-bond acceptors (Lipinski definition) is 4. The number of nitrogens with zero attached hydrogens (tertiary/aromatic N) is 1. The molecule has 5 heteroatoms. The fourth-order valence-electron chi connectivity index (χ4n) is 1.78. The van der Waals surface area contributed by atoms with E-state index in [1.165, 1.54) is 4.90 Å². The Hall–Kier alpha value is -2.45. The van der Waals surface area contributed by atoms with Crippen LogP contribution < -0.4 is 10.1 Å². The summed E-state index contributed by atoms with van der Waals surface area (Å²) in [7, 11) is 0. The Kier molecular flexibility index (Phi) is 7.72. The van der Waals surface area contributed by atoms with Crippen LogP contribution in [0.5, 0.6) is 5.75 Å². The molecule has 0 atom stereocenters. The van der Waals surface area contributed by atoms with Gasteiger partial charge in [-0.3, -0.25) is 9.78 Å². The van der Waals surface area contributed by atoms with Crippen LogP contribution in [0.4, 0.5) is 0 Å². The highest BCUT2D eigenvalue weighted by molar-refractivity contribution is 7.99. The number of carbonyl (C=O) groups excluding carboxylic acids is 1. The average molecular weight is 340 g/mol. The Bertz CT molecular complexity index is 691. The van der Waals surface area contributed by atoms with Crippen molar-refractivity contribution in [3.63, 3.8) is 0 Å². The molecule has 2 rings (SSSR count). The molecule has 0 fully saturated rings. The normalized spacial score (nSPS) is 9.71. The van der Waals surface area contributed by atoms with E-state index >= 15 is 0 Å². The van der Waals surface area contributed by atoms with E-state index in [-0.39, 0.29) is 12.5 Å². The number of ether oxygens (including phenoxy) is 1. The van der Waals surface area contributed by atoms with Crippen LogP contribution in [0.1, 0.15) is 12.1 Å². The van der Waals surface area contributed by atoms with Gasteiger partial charge >= 0.3 is 0 Å².